The van der Waals surface area contributed by atoms with Crippen molar-refractivity contribution < 1.29 is 5.11 Å². The first-order valence-corrected chi connectivity index (χ1v) is 5.04. The van der Waals surface area contributed by atoms with Gasteiger partial charge in [0.25, 0.3) is 0 Å². The first-order valence-electron chi connectivity index (χ1n) is 4.25. The summed E-state index contributed by atoms with van der Waals surface area (Å²) in [4.78, 5) is 4.18. The second-order valence-electron chi connectivity index (χ2n) is 3.23. The third-order valence-corrected chi connectivity index (χ3v) is 2.79. The van der Waals surface area contributed by atoms with Crippen molar-refractivity contribution in [2.75, 3.05) is 0 Å². The highest BCUT2D eigenvalue weighted by Crippen LogP contribution is 2.15. The Morgan fingerprint density at radius 2 is 2.43 bits per heavy atom. The minimum atomic E-state index is -0.442. The van der Waals surface area contributed by atoms with Crippen molar-refractivity contribution in [1.29, 1.82) is 0 Å². The second kappa shape index (κ2) is 4.57. The number of aliphatic hydroxyl groups excluding tert-OH is 1. The van der Waals surface area contributed by atoms with Crippen LogP contribution in [0.3, 0.4) is 0 Å². The zero-order chi connectivity index (χ0) is 10.7. The Morgan fingerprint density at radius 3 is 2.93 bits per heavy atom. The number of aliphatic hydroxyl groups is 1. The summed E-state index contributed by atoms with van der Waals surface area (Å²) < 4.78 is 0.970. The summed E-state index contributed by atoms with van der Waals surface area (Å²) in [6, 6.07) is 1.50. The third kappa shape index (κ3) is 2.82. The van der Waals surface area contributed by atoms with Gasteiger partial charge in [-0.15, -0.1) is 0 Å². The highest BCUT2D eigenvalue weighted by molar-refractivity contribution is 9.10. The lowest BCUT2D eigenvalue weighted by Gasteiger charge is -2.09. The predicted molar refractivity (Wildman–Crippen MR) is 60.1 cm³/mol. The summed E-state index contributed by atoms with van der Waals surface area (Å²) in [5, 5.41) is 9.05. The molecule has 0 aliphatic carbocycles. The molecule has 0 aliphatic heterocycles. The highest BCUT2D eigenvalue weighted by atomic mass is 79.9. The van der Waals surface area contributed by atoms with E-state index in [1.165, 1.54) is 0 Å². The van der Waals surface area contributed by atoms with Gasteiger partial charge in [0.2, 0.25) is 0 Å². The van der Waals surface area contributed by atoms with Crippen LogP contribution < -0.4 is 5.73 Å². The zero-order valence-electron chi connectivity index (χ0n) is 8.00. The number of rotatable bonds is 3. The van der Waals surface area contributed by atoms with Crippen LogP contribution in [0.25, 0.3) is 0 Å². The minimum Gasteiger partial charge on any atom is -0.511 e. The lowest BCUT2D eigenvalue weighted by Crippen LogP contribution is -2.25. The van der Waals surface area contributed by atoms with Crippen LogP contribution in [0, 0.1) is 6.92 Å². The Hall–Kier alpha value is -0.870. The van der Waals surface area contributed by atoms with E-state index in [4.69, 9.17) is 10.8 Å². The molecule has 3 nitrogen and oxygen atoms in total. The van der Waals surface area contributed by atoms with Gasteiger partial charge >= 0.3 is 0 Å². The number of nitrogens with two attached hydrogens (primary N) is 1. The van der Waals surface area contributed by atoms with E-state index in [1.807, 2.05) is 13.0 Å². The molecule has 0 spiro atoms. The number of halogens is 1. The fraction of sp³-hybridized carbons (Fsp3) is 0.300. The molecule has 14 heavy (non-hydrogen) atoms. The van der Waals surface area contributed by atoms with Crippen LogP contribution in [0.15, 0.2) is 29.1 Å². The van der Waals surface area contributed by atoms with Gasteiger partial charge in [-0.25, -0.2) is 0 Å². The molecule has 0 bridgehead atoms. The molecule has 1 heterocycles. The van der Waals surface area contributed by atoms with E-state index in [0.29, 0.717) is 6.42 Å². The molecular weight excluding hydrogens is 244 g/mol. The van der Waals surface area contributed by atoms with Crippen molar-refractivity contribution in [3.8, 4) is 0 Å². The van der Waals surface area contributed by atoms with Gasteiger partial charge in [-0.2, -0.15) is 0 Å². The minimum absolute atomic E-state index is 0.00706. The summed E-state index contributed by atoms with van der Waals surface area (Å²) in [6.07, 6.45) is 2.24. The molecule has 1 aromatic heterocycles. The number of nitrogens with zero attached hydrogens (tertiary/aromatic N) is 1. The lowest BCUT2D eigenvalue weighted by atomic mass is 10.1. The maximum atomic E-state index is 9.05. The molecule has 1 aromatic rings. The van der Waals surface area contributed by atoms with Crippen molar-refractivity contribution in [2.24, 2.45) is 5.73 Å². The Morgan fingerprint density at radius 1 is 1.79 bits per heavy atom. The molecule has 0 saturated heterocycles. The van der Waals surface area contributed by atoms with E-state index in [9.17, 15) is 0 Å². The van der Waals surface area contributed by atoms with Gasteiger partial charge in [0.1, 0.15) is 5.76 Å². The average molecular weight is 257 g/mol. The summed E-state index contributed by atoms with van der Waals surface area (Å²) in [5.74, 6) is -0.00706. The first kappa shape index (κ1) is 11.2. The van der Waals surface area contributed by atoms with Crippen molar-refractivity contribution in [3.63, 3.8) is 0 Å². The van der Waals surface area contributed by atoms with Crippen LogP contribution in [0.5, 0.6) is 0 Å². The average Bonchev–Trinajstić information content (AvgIpc) is 2.11. The first-order chi connectivity index (χ1) is 6.50. The van der Waals surface area contributed by atoms with Crippen LogP contribution >= 0.6 is 15.9 Å². The normalized spacial score (nSPS) is 12.5. The molecule has 1 atom stereocenters. The SMILES string of the molecule is C=C(O)[C@@H](N)Cc1cc(C)c(Br)cn1. The van der Waals surface area contributed by atoms with Gasteiger partial charge < -0.3 is 10.8 Å². The molecule has 0 fully saturated rings. The van der Waals surface area contributed by atoms with Gasteiger partial charge in [-0.05, 0) is 34.5 Å². The van der Waals surface area contributed by atoms with Gasteiger partial charge in [0.15, 0.2) is 0 Å². The molecule has 0 amide bonds. The Balaban J connectivity index is 2.78. The highest BCUT2D eigenvalue weighted by Gasteiger charge is 2.08. The quantitative estimate of drug-likeness (QED) is 0.815. The fourth-order valence-corrected chi connectivity index (χ4v) is 1.27. The molecule has 3 N–H and O–H groups in total. The van der Waals surface area contributed by atoms with E-state index in [-0.39, 0.29) is 5.76 Å². The smallest absolute Gasteiger partial charge is 0.102 e. The van der Waals surface area contributed by atoms with Gasteiger partial charge in [-0.1, -0.05) is 6.58 Å². The van der Waals surface area contributed by atoms with Crippen LogP contribution in [0.1, 0.15) is 11.3 Å². The number of hydrogen-bond acceptors (Lipinski definition) is 3. The van der Waals surface area contributed by atoms with Crippen molar-refractivity contribution in [1.82, 2.24) is 4.98 Å². The van der Waals surface area contributed by atoms with E-state index < -0.39 is 6.04 Å². The van der Waals surface area contributed by atoms with Crippen molar-refractivity contribution in [3.05, 3.63) is 40.3 Å². The summed E-state index contributed by atoms with van der Waals surface area (Å²) in [5.41, 5.74) is 7.59. The van der Waals surface area contributed by atoms with Gasteiger partial charge in [0, 0.05) is 22.8 Å². The maximum Gasteiger partial charge on any atom is 0.102 e. The Bertz CT molecular complexity index is 352. The molecule has 0 saturated carbocycles. The van der Waals surface area contributed by atoms with E-state index in [1.54, 1.807) is 6.20 Å². The van der Waals surface area contributed by atoms with E-state index in [2.05, 4.69) is 27.5 Å². The molecular formula is C10H13BrN2O. The molecule has 76 valence electrons. The largest absolute Gasteiger partial charge is 0.511 e. The molecule has 0 radical (unpaired) electrons. The molecule has 1 rings (SSSR count). The number of pyridine rings is 1. The fourth-order valence-electron chi connectivity index (χ4n) is 1.05. The van der Waals surface area contributed by atoms with E-state index >= 15 is 0 Å². The Kier molecular flexibility index (Phi) is 3.66. The summed E-state index contributed by atoms with van der Waals surface area (Å²) in [6.45, 7) is 5.37. The van der Waals surface area contributed by atoms with Crippen LogP contribution in [0.4, 0.5) is 0 Å². The molecule has 0 unspecified atom stereocenters. The molecule has 0 aromatic carbocycles. The van der Waals surface area contributed by atoms with E-state index in [0.717, 1.165) is 15.7 Å². The number of hydrogen-bond donors (Lipinski definition) is 2. The monoisotopic (exact) mass is 256 g/mol. The second-order valence-corrected chi connectivity index (χ2v) is 4.08. The maximum absolute atomic E-state index is 9.05. The third-order valence-electron chi connectivity index (χ3n) is 1.96. The van der Waals surface area contributed by atoms with Crippen LogP contribution in [-0.2, 0) is 6.42 Å². The van der Waals surface area contributed by atoms with Gasteiger partial charge in [0.05, 0.1) is 6.04 Å². The number of aromatic nitrogens is 1. The predicted octanol–water partition coefficient (Wildman–Crippen LogP) is 2.09. The number of aryl methyl sites for hydroxylation is 1. The summed E-state index contributed by atoms with van der Waals surface area (Å²) in [7, 11) is 0. The van der Waals surface area contributed by atoms with Crippen molar-refractivity contribution >= 4 is 15.9 Å². The molecule has 4 heteroatoms. The Labute approximate surface area is 91.8 Å². The topological polar surface area (TPSA) is 59.1 Å². The van der Waals surface area contributed by atoms with Gasteiger partial charge in [-0.3, -0.25) is 4.98 Å². The van der Waals surface area contributed by atoms with Crippen LogP contribution in [0.2, 0.25) is 0 Å². The summed E-state index contributed by atoms with van der Waals surface area (Å²) >= 11 is 3.36. The van der Waals surface area contributed by atoms with Crippen LogP contribution in [-0.4, -0.2) is 16.1 Å². The van der Waals surface area contributed by atoms with Crippen molar-refractivity contribution in [2.45, 2.75) is 19.4 Å². The standard InChI is InChI=1S/C10H13BrN2O/c1-6-3-8(13-5-9(6)11)4-10(12)7(2)14/h3,5,10,14H,2,4,12H2,1H3/t10-/m0/s1. The zero-order valence-corrected chi connectivity index (χ0v) is 9.58. The molecule has 0 aliphatic rings. The lowest BCUT2D eigenvalue weighted by molar-refractivity contribution is 0.367.